The van der Waals surface area contributed by atoms with Crippen molar-refractivity contribution in [2.45, 2.75) is 38.6 Å². The molecule has 2 aliphatic rings. The first-order valence-corrected chi connectivity index (χ1v) is 12.0. The number of aromatic nitrogens is 2. The molecule has 178 valence electrons. The Labute approximate surface area is 199 Å². The second kappa shape index (κ2) is 10.6. The predicted molar refractivity (Wildman–Crippen MR) is 127 cm³/mol. The molecule has 0 radical (unpaired) electrons. The number of ether oxygens (including phenoxy) is 1. The number of nitrogens with zero attached hydrogens (tertiary/aromatic N) is 4. The first-order valence-electron chi connectivity index (χ1n) is 11.6. The van der Waals surface area contributed by atoms with Crippen LogP contribution in [0.2, 0.25) is 5.02 Å². The van der Waals surface area contributed by atoms with Crippen molar-refractivity contribution in [3.05, 3.63) is 46.2 Å². The van der Waals surface area contributed by atoms with Crippen LogP contribution in [0.5, 0.6) is 5.75 Å². The summed E-state index contributed by atoms with van der Waals surface area (Å²) in [5, 5.41) is 7.93. The van der Waals surface area contributed by atoms with Crippen molar-refractivity contribution in [2.24, 2.45) is 7.05 Å². The molecular formula is C24H32ClN5O3. The number of rotatable bonds is 9. The van der Waals surface area contributed by atoms with E-state index in [9.17, 15) is 9.59 Å². The summed E-state index contributed by atoms with van der Waals surface area (Å²) in [6, 6.07) is 7.49. The normalized spacial score (nSPS) is 16.6. The van der Waals surface area contributed by atoms with Crippen molar-refractivity contribution in [1.29, 1.82) is 0 Å². The van der Waals surface area contributed by atoms with Gasteiger partial charge in [-0.05, 0) is 43.0 Å². The van der Waals surface area contributed by atoms with Crippen LogP contribution < -0.4 is 10.1 Å². The van der Waals surface area contributed by atoms with Crippen LogP contribution >= 0.6 is 11.6 Å². The van der Waals surface area contributed by atoms with E-state index >= 15 is 0 Å². The van der Waals surface area contributed by atoms with Crippen LogP contribution in [-0.4, -0.2) is 70.7 Å². The van der Waals surface area contributed by atoms with Gasteiger partial charge in [-0.2, -0.15) is 5.10 Å². The van der Waals surface area contributed by atoms with Gasteiger partial charge in [0.1, 0.15) is 11.4 Å². The Balaban J connectivity index is 1.19. The lowest BCUT2D eigenvalue weighted by Gasteiger charge is -2.34. The van der Waals surface area contributed by atoms with Crippen LogP contribution in [-0.2, 0) is 18.4 Å². The average molecular weight is 474 g/mol. The van der Waals surface area contributed by atoms with Gasteiger partial charge in [-0.15, -0.1) is 0 Å². The van der Waals surface area contributed by atoms with E-state index in [0.717, 1.165) is 63.2 Å². The third kappa shape index (κ3) is 6.26. The average Bonchev–Trinajstić information content (AvgIpc) is 3.58. The SMILES string of the molecule is CC(=O)N1CCN(CCCOc2ccc(CNC(=O)c3cc(C4CC4)nn3C)cc2Cl)CC1. The van der Waals surface area contributed by atoms with Gasteiger partial charge in [0.2, 0.25) is 5.91 Å². The number of nitrogens with one attached hydrogen (secondary N) is 1. The minimum atomic E-state index is -0.141. The van der Waals surface area contributed by atoms with E-state index in [1.54, 1.807) is 18.7 Å². The van der Waals surface area contributed by atoms with Crippen molar-refractivity contribution < 1.29 is 14.3 Å². The molecule has 0 unspecified atom stereocenters. The van der Waals surface area contributed by atoms with Gasteiger partial charge < -0.3 is 15.0 Å². The summed E-state index contributed by atoms with van der Waals surface area (Å²) in [5.74, 6) is 1.17. The van der Waals surface area contributed by atoms with E-state index in [4.69, 9.17) is 16.3 Å². The lowest BCUT2D eigenvalue weighted by Crippen LogP contribution is -2.48. The number of halogens is 1. The molecule has 1 aromatic carbocycles. The molecule has 2 aromatic rings. The molecule has 1 aliphatic carbocycles. The van der Waals surface area contributed by atoms with Crippen molar-refractivity contribution >= 4 is 23.4 Å². The number of hydrogen-bond donors (Lipinski definition) is 1. The standard InChI is InChI=1S/C24H32ClN5O3/c1-17(31)30-11-9-29(10-12-30)8-3-13-33-23-7-4-18(14-20(23)25)16-26-24(32)22-15-21(19-5-6-19)27-28(22)2/h4,7,14-15,19H,3,5-6,8-13,16H2,1-2H3,(H,26,32). The topological polar surface area (TPSA) is 79.7 Å². The van der Waals surface area contributed by atoms with Crippen LogP contribution in [0.1, 0.15) is 53.8 Å². The second-order valence-electron chi connectivity index (χ2n) is 8.85. The van der Waals surface area contributed by atoms with E-state index in [1.807, 2.05) is 29.2 Å². The molecule has 0 bridgehead atoms. The van der Waals surface area contributed by atoms with E-state index in [1.165, 1.54) is 0 Å². The number of carbonyl (C=O) groups excluding carboxylic acids is 2. The van der Waals surface area contributed by atoms with E-state index in [0.29, 0.717) is 35.5 Å². The fraction of sp³-hybridized carbons (Fsp3) is 0.542. The third-order valence-corrected chi connectivity index (χ3v) is 6.57. The molecule has 0 atom stereocenters. The zero-order valence-electron chi connectivity index (χ0n) is 19.3. The number of benzene rings is 1. The molecule has 9 heteroatoms. The summed E-state index contributed by atoms with van der Waals surface area (Å²) in [6.45, 7) is 6.91. The number of piperazine rings is 1. The molecule has 2 amide bonds. The first-order chi connectivity index (χ1) is 15.9. The van der Waals surface area contributed by atoms with E-state index < -0.39 is 0 Å². The van der Waals surface area contributed by atoms with Crippen molar-refractivity contribution in [3.63, 3.8) is 0 Å². The van der Waals surface area contributed by atoms with Crippen LogP contribution in [0.25, 0.3) is 0 Å². The van der Waals surface area contributed by atoms with Crippen molar-refractivity contribution in [3.8, 4) is 5.75 Å². The van der Waals surface area contributed by atoms with Gasteiger partial charge >= 0.3 is 0 Å². The minimum Gasteiger partial charge on any atom is -0.492 e. The van der Waals surface area contributed by atoms with Gasteiger partial charge in [0.25, 0.3) is 5.91 Å². The Morgan fingerprint density at radius 2 is 1.94 bits per heavy atom. The summed E-state index contributed by atoms with van der Waals surface area (Å²) >= 11 is 6.41. The fourth-order valence-electron chi connectivity index (χ4n) is 4.08. The largest absolute Gasteiger partial charge is 0.492 e. The van der Waals surface area contributed by atoms with E-state index in [-0.39, 0.29) is 11.8 Å². The lowest BCUT2D eigenvalue weighted by molar-refractivity contribution is -0.130. The molecule has 1 N–H and O–H groups in total. The zero-order chi connectivity index (χ0) is 23.4. The van der Waals surface area contributed by atoms with Crippen LogP contribution in [0.4, 0.5) is 0 Å². The summed E-state index contributed by atoms with van der Waals surface area (Å²) in [6.07, 6.45) is 3.20. The van der Waals surface area contributed by atoms with Crippen LogP contribution in [0.3, 0.4) is 0 Å². The minimum absolute atomic E-state index is 0.141. The Hall–Kier alpha value is -2.58. The predicted octanol–water partition coefficient (Wildman–Crippen LogP) is 2.81. The highest BCUT2D eigenvalue weighted by Crippen LogP contribution is 2.39. The molecule has 0 spiro atoms. The van der Waals surface area contributed by atoms with Crippen molar-refractivity contribution in [1.82, 2.24) is 24.9 Å². The van der Waals surface area contributed by atoms with Gasteiger partial charge in [0, 0.05) is 59.2 Å². The van der Waals surface area contributed by atoms with E-state index in [2.05, 4.69) is 15.3 Å². The first kappa shape index (κ1) is 23.6. The van der Waals surface area contributed by atoms with Crippen LogP contribution in [0.15, 0.2) is 24.3 Å². The van der Waals surface area contributed by atoms with Gasteiger partial charge in [0.15, 0.2) is 0 Å². The highest BCUT2D eigenvalue weighted by Gasteiger charge is 2.28. The number of amides is 2. The summed E-state index contributed by atoms with van der Waals surface area (Å²) in [5.41, 5.74) is 2.49. The summed E-state index contributed by atoms with van der Waals surface area (Å²) in [4.78, 5) is 28.2. The molecule has 1 aromatic heterocycles. The van der Waals surface area contributed by atoms with Crippen LogP contribution in [0, 0.1) is 0 Å². The molecule has 8 nitrogen and oxygen atoms in total. The molecular weight excluding hydrogens is 442 g/mol. The third-order valence-electron chi connectivity index (χ3n) is 6.27. The Kier molecular flexibility index (Phi) is 7.55. The Morgan fingerprint density at radius 1 is 1.18 bits per heavy atom. The number of hydrogen-bond acceptors (Lipinski definition) is 5. The van der Waals surface area contributed by atoms with Gasteiger partial charge in [-0.25, -0.2) is 0 Å². The monoisotopic (exact) mass is 473 g/mol. The number of carbonyl (C=O) groups is 2. The molecule has 1 saturated heterocycles. The van der Waals surface area contributed by atoms with Gasteiger partial charge in [-0.1, -0.05) is 17.7 Å². The number of aryl methyl sites for hydroxylation is 1. The molecule has 4 rings (SSSR count). The molecule has 2 heterocycles. The molecule has 33 heavy (non-hydrogen) atoms. The summed E-state index contributed by atoms with van der Waals surface area (Å²) < 4.78 is 7.51. The fourth-order valence-corrected chi connectivity index (χ4v) is 4.34. The zero-order valence-corrected chi connectivity index (χ0v) is 20.1. The molecule has 1 saturated carbocycles. The van der Waals surface area contributed by atoms with Gasteiger partial charge in [-0.3, -0.25) is 19.2 Å². The van der Waals surface area contributed by atoms with Crippen molar-refractivity contribution in [2.75, 3.05) is 39.3 Å². The molecule has 2 fully saturated rings. The smallest absolute Gasteiger partial charge is 0.269 e. The summed E-state index contributed by atoms with van der Waals surface area (Å²) in [7, 11) is 1.80. The quantitative estimate of drug-likeness (QED) is 0.566. The Bertz CT molecular complexity index is 996. The Morgan fingerprint density at radius 3 is 2.61 bits per heavy atom. The maximum Gasteiger partial charge on any atom is 0.269 e. The lowest BCUT2D eigenvalue weighted by atomic mass is 10.2. The highest BCUT2D eigenvalue weighted by atomic mass is 35.5. The maximum absolute atomic E-state index is 12.6. The second-order valence-corrected chi connectivity index (χ2v) is 9.26. The highest BCUT2D eigenvalue weighted by molar-refractivity contribution is 6.32. The molecule has 1 aliphatic heterocycles. The van der Waals surface area contributed by atoms with Gasteiger partial charge in [0.05, 0.1) is 17.3 Å². The maximum atomic E-state index is 12.6.